The third kappa shape index (κ3) is 6.01. The lowest BCUT2D eigenvalue weighted by Crippen LogP contribution is -2.40. The van der Waals surface area contributed by atoms with Crippen LogP contribution in [0.25, 0.3) is 10.8 Å². The van der Waals surface area contributed by atoms with Crippen molar-refractivity contribution in [3.8, 4) is 11.8 Å². The standard InChI is InChI=1S/C30H28N4O4/c35-26(33-24-13-14-24)10-5-17-31-28(37)29(38)32-19-22-8-3-4-9-25(22)27(36)34-30(15-16-30)23-12-11-20-6-1-2-7-21(20)18-23/h1-4,6-9,11-12,18,24H,13-17,19H2,(H,31,37)(H,32,38)(H,33,35)(H,34,36). The fraction of sp³-hybridized carbons (Fsp3) is 0.267. The summed E-state index contributed by atoms with van der Waals surface area (Å²) in [5.41, 5.74) is 1.69. The van der Waals surface area contributed by atoms with Crippen molar-refractivity contribution < 1.29 is 19.2 Å². The molecule has 0 atom stereocenters. The fourth-order valence-corrected chi connectivity index (χ4v) is 4.31. The van der Waals surface area contributed by atoms with Crippen LogP contribution < -0.4 is 21.3 Å². The third-order valence-electron chi connectivity index (χ3n) is 6.76. The van der Waals surface area contributed by atoms with Gasteiger partial charge < -0.3 is 21.3 Å². The molecule has 0 radical (unpaired) electrons. The fourth-order valence-electron chi connectivity index (χ4n) is 4.31. The second-order valence-corrected chi connectivity index (χ2v) is 9.67. The first-order valence-electron chi connectivity index (χ1n) is 12.7. The molecule has 0 unspecified atom stereocenters. The van der Waals surface area contributed by atoms with Crippen LogP contribution >= 0.6 is 0 Å². The van der Waals surface area contributed by atoms with Gasteiger partial charge in [0.1, 0.15) is 0 Å². The second kappa shape index (κ2) is 10.8. The molecule has 0 aliphatic heterocycles. The minimum absolute atomic E-state index is 0.00823. The average Bonchev–Trinajstić information content (AvgIpc) is 3.87. The Labute approximate surface area is 220 Å². The lowest BCUT2D eigenvalue weighted by Gasteiger charge is -2.20. The van der Waals surface area contributed by atoms with Gasteiger partial charge in [0.2, 0.25) is 0 Å². The molecule has 192 valence electrons. The van der Waals surface area contributed by atoms with E-state index in [1.807, 2.05) is 12.1 Å². The number of hydrogen-bond donors (Lipinski definition) is 4. The Kier molecular flexibility index (Phi) is 7.09. The Morgan fingerprint density at radius 3 is 2.32 bits per heavy atom. The summed E-state index contributed by atoms with van der Waals surface area (Å²) in [6.07, 6.45) is 3.61. The number of nitrogens with one attached hydrogen (secondary N) is 4. The third-order valence-corrected chi connectivity index (χ3v) is 6.76. The number of fused-ring (bicyclic) bond motifs is 1. The molecular weight excluding hydrogens is 480 g/mol. The highest BCUT2D eigenvalue weighted by Crippen LogP contribution is 2.46. The topological polar surface area (TPSA) is 116 Å². The van der Waals surface area contributed by atoms with E-state index in [0.29, 0.717) is 11.1 Å². The van der Waals surface area contributed by atoms with Crippen LogP contribution in [0.5, 0.6) is 0 Å². The quantitative estimate of drug-likeness (QED) is 0.289. The molecule has 38 heavy (non-hydrogen) atoms. The molecule has 3 aromatic rings. The van der Waals surface area contributed by atoms with Crippen molar-refractivity contribution in [3.05, 3.63) is 83.4 Å². The van der Waals surface area contributed by atoms with E-state index >= 15 is 0 Å². The Bertz CT molecular complexity index is 1480. The number of amides is 4. The molecule has 0 saturated heterocycles. The SMILES string of the molecule is O=C(C#CCNC(=O)C(=O)NCc1ccccc1C(=O)NC1(c2ccc3ccccc3c2)CC1)NC1CC1. The highest BCUT2D eigenvalue weighted by molar-refractivity contribution is 6.35. The second-order valence-electron chi connectivity index (χ2n) is 9.67. The maximum absolute atomic E-state index is 13.3. The lowest BCUT2D eigenvalue weighted by molar-refractivity contribution is -0.139. The van der Waals surface area contributed by atoms with E-state index in [4.69, 9.17) is 0 Å². The predicted octanol–water partition coefficient (Wildman–Crippen LogP) is 2.27. The van der Waals surface area contributed by atoms with E-state index in [9.17, 15) is 19.2 Å². The number of hydrogen-bond acceptors (Lipinski definition) is 4. The Balaban J connectivity index is 1.16. The molecule has 8 heteroatoms. The van der Waals surface area contributed by atoms with Crippen molar-refractivity contribution in [3.63, 3.8) is 0 Å². The van der Waals surface area contributed by atoms with Gasteiger partial charge in [-0.1, -0.05) is 60.5 Å². The molecule has 2 saturated carbocycles. The van der Waals surface area contributed by atoms with E-state index in [1.54, 1.807) is 24.3 Å². The average molecular weight is 509 g/mol. The van der Waals surface area contributed by atoms with Gasteiger partial charge in [-0.3, -0.25) is 19.2 Å². The first kappa shape index (κ1) is 25.0. The van der Waals surface area contributed by atoms with Crippen LogP contribution in [0.4, 0.5) is 0 Å². The summed E-state index contributed by atoms with van der Waals surface area (Å²) in [7, 11) is 0. The summed E-state index contributed by atoms with van der Waals surface area (Å²) in [5, 5.41) is 13.1. The molecule has 2 fully saturated rings. The minimum atomic E-state index is -0.864. The molecule has 4 N–H and O–H groups in total. The van der Waals surface area contributed by atoms with Gasteiger partial charge in [0.25, 0.3) is 11.8 Å². The first-order valence-corrected chi connectivity index (χ1v) is 12.7. The molecule has 3 aromatic carbocycles. The molecular formula is C30H28N4O4. The lowest BCUT2D eigenvalue weighted by atomic mass is 9.99. The highest BCUT2D eigenvalue weighted by atomic mass is 16.2. The minimum Gasteiger partial charge on any atom is -0.344 e. The van der Waals surface area contributed by atoms with E-state index in [-0.39, 0.29) is 25.0 Å². The molecule has 8 nitrogen and oxygen atoms in total. The van der Waals surface area contributed by atoms with Crippen molar-refractivity contribution in [2.45, 2.75) is 43.8 Å². The predicted molar refractivity (Wildman–Crippen MR) is 143 cm³/mol. The summed E-state index contributed by atoms with van der Waals surface area (Å²) in [6.45, 7) is -0.117. The summed E-state index contributed by atoms with van der Waals surface area (Å²) in [5.74, 6) is 2.57. The first-order chi connectivity index (χ1) is 18.4. The van der Waals surface area contributed by atoms with Crippen LogP contribution in [-0.2, 0) is 26.5 Å². The number of benzene rings is 3. The van der Waals surface area contributed by atoms with Crippen LogP contribution in [-0.4, -0.2) is 36.2 Å². The molecule has 0 heterocycles. The van der Waals surface area contributed by atoms with Gasteiger partial charge in [-0.15, -0.1) is 0 Å². The number of carbonyl (C=O) groups excluding carboxylic acids is 4. The summed E-state index contributed by atoms with van der Waals surface area (Å²) >= 11 is 0. The summed E-state index contributed by atoms with van der Waals surface area (Å²) < 4.78 is 0. The van der Waals surface area contributed by atoms with Gasteiger partial charge in [0.05, 0.1) is 12.1 Å². The zero-order valence-electron chi connectivity index (χ0n) is 20.8. The van der Waals surface area contributed by atoms with Crippen molar-refractivity contribution in [1.82, 2.24) is 21.3 Å². The Morgan fingerprint density at radius 2 is 1.55 bits per heavy atom. The van der Waals surface area contributed by atoms with E-state index in [0.717, 1.165) is 42.0 Å². The maximum atomic E-state index is 13.3. The van der Waals surface area contributed by atoms with Gasteiger partial charge in [-0.2, -0.15) is 0 Å². The zero-order chi connectivity index (χ0) is 26.5. The van der Waals surface area contributed by atoms with Crippen molar-refractivity contribution in [2.24, 2.45) is 0 Å². The molecule has 5 rings (SSSR count). The van der Waals surface area contributed by atoms with E-state index < -0.39 is 23.3 Å². The van der Waals surface area contributed by atoms with Crippen LogP contribution in [0.3, 0.4) is 0 Å². The molecule has 4 amide bonds. The summed E-state index contributed by atoms with van der Waals surface area (Å²) in [4.78, 5) is 49.2. The molecule has 2 aliphatic rings. The maximum Gasteiger partial charge on any atom is 0.310 e. The highest BCUT2D eigenvalue weighted by Gasteiger charge is 2.46. The largest absolute Gasteiger partial charge is 0.344 e. The molecule has 0 bridgehead atoms. The number of carbonyl (C=O) groups is 4. The van der Waals surface area contributed by atoms with E-state index in [2.05, 4.69) is 63.4 Å². The molecule has 2 aliphatic carbocycles. The van der Waals surface area contributed by atoms with Gasteiger partial charge in [-0.05, 0) is 65.6 Å². The van der Waals surface area contributed by atoms with Crippen LogP contribution in [0.1, 0.15) is 47.2 Å². The van der Waals surface area contributed by atoms with Crippen molar-refractivity contribution in [2.75, 3.05) is 6.54 Å². The molecule has 0 spiro atoms. The van der Waals surface area contributed by atoms with Gasteiger partial charge >= 0.3 is 11.8 Å². The molecule has 0 aromatic heterocycles. The van der Waals surface area contributed by atoms with Gasteiger partial charge in [-0.25, -0.2) is 0 Å². The van der Waals surface area contributed by atoms with Crippen molar-refractivity contribution in [1.29, 1.82) is 0 Å². The van der Waals surface area contributed by atoms with Crippen LogP contribution in [0, 0.1) is 11.8 Å². The van der Waals surface area contributed by atoms with Gasteiger partial charge in [0.15, 0.2) is 0 Å². The summed E-state index contributed by atoms with van der Waals surface area (Å²) in [6, 6.07) is 21.6. The van der Waals surface area contributed by atoms with Gasteiger partial charge in [0, 0.05) is 18.2 Å². The van der Waals surface area contributed by atoms with Crippen molar-refractivity contribution >= 4 is 34.4 Å². The smallest absolute Gasteiger partial charge is 0.310 e. The van der Waals surface area contributed by atoms with Crippen LogP contribution in [0.2, 0.25) is 0 Å². The monoisotopic (exact) mass is 508 g/mol. The van der Waals surface area contributed by atoms with Crippen LogP contribution in [0.15, 0.2) is 66.7 Å². The Hall–Kier alpha value is -4.64. The van der Waals surface area contributed by atoms with E-state index in [1.165, 1.54) is 0 Å². The normalized spacial score (nSPS) is 14.9. The Morgan fingerprint density at radius 1 is 0.842 bits per heavy atom. The zero-order valence-corrected chi connectivity index (χ0v) is 20.8. The number of rotatable bonds is 7.